The Bertz CT molecular complexity index is 1150. The van der Waals surface area contributed by atoms with Crippen LogP contribution in [0.2, 0.25) is 0 Å². The minimum atomic E-state index is -3.24. The molecule has 0 amide bonds. The minimum absolute atomic E-state index is 0.281. The topological polar surface area (TPSA) is 75.7 Å². The van der Waals surface area contributed by atoms with E-state index in [1.165, 1.54) is 6.26 Å². The molecular weight excluding hydrogens is 334 g/mol. The van der Waals surface area contributed by atoms with Crippen LogP contribution in [-0.2, 0) is 9.84 Å². The van der Waals surface area contributed by atoms with Gasteiger partial charge >= 0.3 is 0 Å². The summed E-state index contributed by atoms with van der Waals surface area (Å²) >= 11 is 0. The summed E-state index contributed by atoms with van der Waals surface area (Å²) < 4.78 is 23.4. The Morgan fingerprint density at radius 3 is 2.16 bits per heavy atom. The fraction of sp³-hybridized carbons (Fsp3) is 0.0526. The third kappa shape index (κ3) is 3.04. The lowest BCUT2D eigenvalue weighted by Crippen LogP contribution is -1.96. The van der Waals surface area contributed by atoms with Gasteiger partial charge in [0, 0.05) is 24.2 Å². The highest BCUT2D eigenvalue weighted by Crippen LogP contribution is 2.25. The van der Waals surface area contributed by atoms with Gasteiger partial charge in [0.1, 0.15) is 5.82 Å². The van der Waals surface area contributed by atoms with Crippen LogP contribution >= 0.6 is 0 Å². The van der Waals surface area contributed by atoms with Crippen LogP contribution in [-0.4, -0.2) is 29.6 Å². The molecule has 0 aliphatic heterocycles. The molecule has 2 aromatic carbocycles. The van der Waals surface area contributed by atoms with Gasteiger partial charge < -0.3 is 4.98 Å². The van der Waals surface area contributed by atoms with E-state index in [1.54, 1.807) is 30.6 Å². The van der Waals surface area contributed by atoms with Crippen molar-refractivity contribution < 1.29 is 8.42 Å². The van der Waals surface area contributed by atoms with E-state index in [0.29, 0.717) is 11.3 Å². The van der Waals surface area contributed by atoms with E-state index in [0.717, 1.165) is 22.2 Å². The van der Waals surface area contributed by atoms with Crippen molar-refractivity contribution in [2.24, 2.45) is 0 Å². The molecule has 0 radical (unpaired) electrons. The van der Waals surface area contributed by atoms with Crippen LogP contribution < -0.4 is 0 Å². The number of hydrogen-bond donors (Lipinski definition) is 1. The van der Waals surface area contributed by atoms with E-state index in [1.807, 2.05) is 36.4 Å². The molecule has 25 heavy (non-hydrogen) atoms. The Labute approximate surface area is 145 Å². The van der Waals surface area contributed by atoms with Crippen LogP contribution in [0.4, 0.5) is 0 Å². The molecule has 1 N–H and O–H groups in total. The number of hydrogen-bond acceptors (Lipinski definition) is 4. The summed E-state index contributed by atoms with van der Waals surface area (Å²) in [7, 11) is -3.24. The summed E-state index contributed by atoms with van der Waals surface area (Å²) in [6.07, 6.45) is 4.73. The van der Waals surface area contributed by atoms with Gasteiger partial charge in [-0.3, -0.25) is 4.98 Å². The van der Waals surface area contributed by atoms with Gasteiger partial charge in [-0.25, -0.2) is 13.4 Å². The number of aromatic nitrogens is 3. The molecule has 2 aromatic heterocycles. The zero-order valence-electron chi connectivity index (χ0n) is 13.5. The molecule has 5 nitrogen and oxygen atoms in total. The van der Waals surface area contributed by atoms with Crippen LogP contribution in [0.15, 0.2) is 71.9 Å². The summed E-state index contributed by atoms with van der Waals surface area (Å²) in [4.78, 5) is 12.1. The van der Waals surface area contributed by atoms with Gasteiger partial charge in [0.25, 0.3) is 0 Å². The number of benzene rings is 2. The molecule has 6 heteroatoms. The number of nitrogens with one attached hydrogen (secondary N) is 1. The second kappa shape index (κ2) is 5.82. The van der Waals surface area contributed by atoms with Gasteiger partial charge in [0.15, 0.2) is 9.84 Å². The Morgan fingerprint density at radius 2 is 1.48 bits per heavy atom. The molecule has 0 unspecified atom stereocenters. The molecule has 0 spiro atoms. The maximum absolute atomic E-state index is 11.7. The van der Waals surface area contributed by atoms with Crippen LogP contribution in [0.25, 0.3) is 33.5 Å². The molecule has 0 bridgehead atoms. The first-order valence-electron chi connectivity index (χ1n) is 7.71. The van der Waals surface area contributed by atoms with E-state index in [9.17, 15) is 8.42 Å². The van der Waals surface area contributed by atoms with Crippen molar-refractivity contribution in [1.82, 2.24) is 15.0 Å². The van der Waals surface area contributed by atoms with Crippen molar-refractivity contribution in [3.63, 3.8) is 0 Å². The molecule has 4 rings (SSSR count). The Balaban J connectivity index is 1.72. The van der Waals surface area contributed by atoms with Crippen molar-refractivity contribution >= 4 is 20.9 Å². The average molecular weight is 349 g/mol. The smallest absolute Gasteiger partial charge is 0.175 e. The van der Waals surface area contributed by atoms with Crippen molar-refractivity contribution in [3.05, 3.63) is 67.0 Å². The fourth-order valence-electron chi connectivity index (χ4n) is 2.72. The molecule has 124 valence electrons. The van der Waals surface area contributed by atoms with Gasteiger partial charge in [-0.1, -0.05) is 24.3 Å². The van der Waals surface area contributed by atoms with E-state index in [2.05, 4.69) is 15.0 Å². The lowest BCUT2D eigenvalue weighted by molar-refractivity contribution is 0.602. The normalized spacial score (nSPS) is 11.7. The number of sulfone groups is 1. The van der Waals surface area contributed by atoms with Gasteiger partial charge in [0.2, 0.25) is 0 Å². The summed E-state index contributed by atoms with van der Waals surface area (Å²) in [6.45, 7) is 0. The standard InChI is InChI=1S/C19H15N3O2S/c1-25(23,24)16-6-7-17-18(12-16)22-19(21-17)15-4-2-13(3-5-15)14-8-10-20-11-9-14/h2-12H,1H3,(H,21,22). The van der Waals surface area contributed by atoms with E-state index in [-0.39, 0.29) is 4.90 Å². The zero-order chi connectivity index (χ0) is 17.4. The second-order valence-corrected chi connectivity index (χ2v) is 7.87. The second-order valence-electron chi connectivity index (χ2n) is 5.85. The molecule has 0 saturated carbocycles. The molecule has 0 saturated heterocycles. The number of rotatable bonds is 3. The molecule has 0 aliphatic rings. The van der Waals surface area contributed by atoms with Gasteiger partial charge in [0.05, 0.1) is 15.9 Å². The molecule has 2 heterocycles. The first-order valence-corrected chi connectivity index (χ1v) is 9.60. The van der Waals surface area contributed by atoms with Gasteiger partial charge in [-0.2, -0.15) is 0 Å². The monoisotopic (exact) mass is 349 g/mol. The average Bonchev–Trinajstić information content (AvgIpc) is 3.05. The summed E-state index contributed by atoms with van der Waals surface area (Å²) in [5.41, 5.74) is 4.58. The highest BCUT2D eigenvalue weighted by atomic mass is 32.2. The van der Waals surface area contributed by atoms with Crippen LogP contribution in [0, 0.1) is 0 Å². The summed E-state index contributed by atoms with van der Waals surface area (Å²) in [6, 6.07) is 16.9. The predicted molar refractivity (Wildman–Crippen MR) is 97.9 cm³/mol. The maximum atomic E-state index is 11.7. The molecule has 0 fully saturated rings. The van der Waals surface area contributed by atoms with Gasteiger partial charge in [-0.05, 0) is 41.5 Å². The fourth-order valence-corrected chi connectivity index (χ4v) is 3.37. The molecule has 4 aromatic rings. The summed E-state index contributed by atoms with van der Waals surface area (Å²) in [5.74, 6) is 0.710. The third-order valence-corrected chi connectivity index (χ3v) is 5.16. The Hall–Kier alpha value is -2.99. The number of nitrogens with zero attached hydrogens (tertiary/aromatic N) is 2. The third-order valence-electron chi connectivity index (χ3n) is 4.05. The molecule has 0 aliphatic carbocycles. The molecule has 0 atom stereocenters. The van der Waals surface area contributed by atoms with E-state index in [4.69, 9.17) is 0 Å². The van der Waals surface area contributed by atoms with E-state index < -0.39 is 9.84 Å². The highest BCUT2D eigenvalue weighted by molar-refractivity contribution is 7.90. The number of pyridine rings is 1. The first-order chi connectivity index (χ1) is 12.0. The number of H-pyrrole nitrogens is 1. The first kappa shape index (κ1) is 15.5. The van der Waals surface area contributed by atoms with Gasteiger partial charge in [-0.15, -0.1) is 0 Å². The van der Waals surface area contributed by atoms with Crippen molar-refractivity contribution in [3.8, 4) is 22.5 Å². The lowest BCUT2D eigenvalue weighted by Gasteiger charge is -2.02. The summed E-state index contributed by atoms with van der Waals surface area (Å²) in [5, 5.41) is 0. The van der Waals surface area contributed by atoms with Crippen molar-refractivity contribution in [2.45, 2.75) is 4.90 Å². The van der Waals surface area contributed by atoms with E-state index >= 15 is 0 Å². The van der Waals surface area contributed by atoms with Crippen LogP contribution in [0.3, 0.4) is 0 Å². The zero-order valence-corrected chi connectivity index (χ0v) is 14.3. The Morgan fingerprint density at radius 1 is 0.840 bits per heavy atom. The van der Waals surface area contributed by atoms with Crippen molar-refractivity contribution in [1.29, 1.82) is 0 Å². The SMILES string of the molecule is CS(=O)(=O)c1ccc2nc(-c3ccc(-c4ccncc4)cc3)[nH]c2c1. The van der Waals surface area contributed by atoms with Crippen LogP contribution in [0.5, 0.6) is 0 Å². The number of aromatic amines is 1. The minimum Gasteiger partial charge on any atom is -0.338 e. The number of imidazole rings is 1. The number of fused-ring (bicyclic) bond motifs is 1. The highest BCUT2D eigenvalue weighted by Gasteiger charge is 2.11. The largest absolute Gasteiger partial charge is 0.338 e. The Kier molecular flexibility index (Phi) is 3.62. The lowest BCUT2D eigenvalue weighted by atomic mass is 10.1. The molecular formula is C19H15N3O2S. The quantitative estimate of drug-likeness (QED) is 0.612. The van der Waals surface area contributed by atoms with Crippen LogP contribution in [0.1, 0.15) is 0 Å². The predicted octanol–water partition coefficient (Wildman–Crippen LogP) is 3.70. The van der Waals surface area contributed by atoms with Crippen molar-refractivity contribution in [2.75, 3.05) is 6.26 Å². The maximum Gasteiger partial charge on any atom is 0.175 e.